The molecule has 5 nitrogen and oxygen atoms in total. The van der Waals surface area contributed by atoms with Gasteiger partial charge in [-0.2, -0.15) is 0 Å². The van der Waals surface area contributed by atoms with Crippen LogP contribution in [-0.2, 0) is 6.54 Å². The van der Waals surface area contributed by atoms with Crippen LogP contribution >= 0.6 is 0 Å². The first-order valence-electron chi connectivity index (χ1n) is 6.90. The van der Waals surface area contributed by atoms with Gasteiger partial charge in [-0.25, -0.2) is 9.59 Å². The van der Waals surface area contributed by atoms with Crippen molar-refractivity contribution in [2.75, 3.05) is 5.32 Å². The summed E-state index contributed by atoms with van der Waals surface area (Å²) in [4.78, 5) is 23.1. The number of benzene rings is 2. The number of urea groups is 1. The van der Waals surface area contributed by atoms with E-state index < -0.39 is 5.97 Å². The second-order valence-corrected chi connectivity index (χ2v) is 5.06. The molecule has 2 aromatic rings. The standard InChI is InChI=1S/C17H18N2O3/c1-11-8-14(9-15(12(11)2)16(20)21)19-17(22)18-10-13-6-4-3-5-7-13/h3-9H,10H2,1-2H3,(H,20,21)(H2,18,19,22). The van der Waals surface area contributed by atoms with Gasteiger partial charge in [-0.1, -0.05) is 30.3 Å². The third-order valence-corrected chi connectivity index (χ3v) is 3.45. The SMILES string of the molecule is Cc1cc(NC(=O)NCc2ccccc2)cc(C(=O)O)c1C. The van der Waals surface area contributed by atoms with E-state index in [1.165, 1.54) is 6.07 Å². The quantitative estimate of drug-likeness (QED) is 0.810. The lowest BCUT2D eigenvalue weighted by molar-refractivity contribution is 0.0696. The van der Waals surface area contributed by atoms with Crippen molar-refractivity contribution in [1.29, 1.82) is 0 Å². The van der Waals surface area contributed by atoms with E-state index in [1.807, 2.05) is 37.3 Å². The summed E-state index contributed by atoms with van der Waals surface area (Å²) in [5.74, 6) is -1.01. The van der Waals surface area contributed by atoms with E-state index in [4.69, 9.17) is 0 Å². The molecule has 2 rings (SSSR count). The predicted octanol–water partition coefficient (Wildman–Crippen LogP) is 3.32. The molecule has 0 aliphatic rings. The van der Waals surface area contributed by atoms with Crippen molar-refractivity contribution in [3.8, 4) is 0 Å². The number of carboxylic acids is 1. The first-order chi connectivity index (χ1) is 10.5. The summed E-state index contributed by atoms with van der Waals surface area (Å²) >= 11 is 0. The molecule has 22 heavy (non-hydrogen) atoms. The van der Waals surface area contributed by atoms with Crippen molar-refractivity contribution in [2.45, 2.75) is 20.4 Å². The van der Waals surface area contributed by atoms with Crippen LogP contribution in [0.25, 0.3) is 0 Å². The van der Waals surface area contributed by atoms with E-state index in [0.717, 1.165) is 11.1 Å². The van der Waals surface area contributed by atoms with Gasteiger partial charge in [0.1, 0.15) is 0 Å². The summed E-state index contributed by atoms with van der Waals surface area (Å²) in [6.45, 7) is 3.97. The molecule has 0 aliphatic carbocycles. The second-order valence-electron chi connectivity index (χ2n) is 5.06. The van der Waals surface area contributed by atoms with Gasteiger partial charge < -0.3 is 15.7 Å². The summed E-state index contributed by atoms with van der Waals surface area (Å²) in [7, 11) is 0. The number of anilines is 1. The van der Waals surface area contributed by atoms with Crippen LogP contribution in [0.5, 0.6) is 0 Å². The highest BCUT2D eigenvalue weighted by Crippen LogP contribution is 2.20. The molecule has 114 valence electrons. The predicted molar refractivity (Wildman–Crippen MR) is 85.2 cm³/mol. The van der Waals surface area contributed by atoms with Crippen LogP contribution in [0.1, 0.15) is 27.0 Å². The molecule has 2 aromatic carbocycles. The molecule has 0 bridgehead atoms. The molecule has 5 heteroatoms. The number of aryl methyl sites for hydroxylation is 1. The third kappa shape index (κ3) is 3.85. The maximum atomic E-state index is 11.9. The van der Waals surface area contributed by atoms with Crippen LogP contribution < -0.4 is 10.6 Å². The average Bonchev–Trinajstić information content (AvgIpc) is 2.49. The number of rotatable bonds is 4. The zero-order valence-corrected chi connectivity index (χ0v) is 12.5. The second kappa shape index (κ2) is 6.76. The van der Waals surface area contributed by atoms with Crippen LogP contribution in [0.15, 0.2) is 42.5 Å². The lowest BCUT2D eigenvalue weighted by Gasteiger charge is -2.11. The maximum absolute atomic E-state index is 11.9. The highest BCUT2D eigenvalue weighted by atomic mass is 16.4. The fourth-order valence-corrected chi connectivity index (χ4v) is 2.11. The van der Waals surface area contributed by atoms with E-state index in [0.29, 0.717) is 17.8 Å². The van der Waals surface area contributed by atoms with Crippen LogP contribution in [0.3, 0.4) is 0 Å². The number of hydrogen-bond acceptors (Lipinski definition) is 2. The molecule has 0 aromatic heterocycles. The van der Waals surface area contributed by atoms with Gasteiger partial charge in [0.2, 0.25) is 0 Å². The Morgan fingerprint density at radius 3 is 2.41 bits per heavy atom. The minimum atomic E-state index is -1.01. The number of carbonyl (C=O) groups is 2. The first kappa shape index (κ1) is 15.6. The van der Waals surface area contributed by atoms with Gasteiger partial charge in [-0.3, -0.25) is 0 Å². The Balaban J connectivity index is 2.04. The average molecular weight is 298 g/mol. The van der Waals surface area contributed by atoms with E-state index in [2.05, 4.69) is 10.6 Å². The fraction of sp³-hybridized carbons (Fsp3) is 0.176. The summed E-state index contributed by atoms with van der Waals surface area (Å²) in [5, 5.41) is 14.6. The summed E-state index contributed by atoms with van der Waals surface area (Å²) in [6, 6.07) is 12.4. The molecule has 0 fully saturated rings. The van der Waals surface area contributed by atoms with Gasteiger partial charge in [-0.05, 0) is 42.7 Å². The Morgan fingerprint density at radius 1 is 1.09 bits per heavy atom. The van der Waals surface area contributed by atoms with Gasteiger partial charge in [0.25, 0.3) is 0 Å². The van der Waals surface area contributed by atoms with Gasteiger partial charge in [0.15, 0.2) is 0 Å². The van der Waals surface area contributed by atoms with Crippen molar-refractivity contribution in [3.05, 3.63) is 64.7 Å². The van der Waals surface area contributed by atoms with Crippen LogP contribution in [0, 0.1) is 13.8 Å². The first-order valence-corrected chi connectivity index (χ1v) is 6.90. The molecular weight excluding hydrogens is 280 g/mol. The van der Waals surface area contributed by atoms with Gasteiger partial charge in [0.05, 0.1) is 5.56 Å². The van der Waals surface area contributed by atoms with Gasteiger partial charge in [-0.15, -0.1) is 0 Å². The topological polar surface area (TPSA) is 78.4 Å². The monoisotopic (exact) mass is 298 g/mol. The largest absolute Gasteiger partial charge is 0.478 e. The van der Waals surface area contributed by atoms with Crippen LogP contribution in [-0.4, -0.2) is 17.1 Å². The lowest BCUT2D eigenvalue weighted by Crippen LogP contribution is -2.28. The molecule has 0 saturated heterocycles. The molecule has 3 N–H and O–H groups in total. The van der Waals surface area contributed by atoms with Gasteiger partial charge >= 0.3 is 12.0 Å². The Labute approximate surface area is 129 Å². The minimum absolute atomic E-state index is 0.193. The molecule has 2 amide bonds. The zero-order valence-electron chi connectivity index (χ0n) is 12.5. The summed E-state index contributed by atoms with van der Waals surface area (Å²) < 4.78 is 0. The van der Waals surface area contributed by atoms with Crippen molar-refractivity contribution in [2.24, 2.45) is 0 Å². The molecule has 0 spiro atoms. The number of hydrogen-bond donors (Lipinski definition) is 3. The van der Waals surface area contributed by atoms with Crippen LogP contribution in [0.2, 0.25) is 0 Å². The Hall–Kier alpha value is -2.82. The number of aromatic carboxylic acids is 1. The Bertz CT molecular complexity index is 697. The number of nitrogens with one attached hydrogen (secondary N) is 2. The maximum Gasteiger partial charge on any atom is 0.336 e. The zero-order chi connectivity index (χ0) is 16.1. The molecule has 0 unspecified atom stereocenters. The number of carbonyl (C=O) groups excluding carboxylic acids is 1. The number of amides is 2. The molecular formula is C17H18N2O3. The minimum Gasteiger partial charge on any atom is -0.478 e. The highest BCUT2D eigenvalue weighted by Gasteiger charge is 2.12. The van der Waals surface area contributed by atoms with E-state index in [-0.39, 0.29) is 11.6 Å². The molecule has 0 atom stereocenters. The lowest BCUT2D eigenvalue weighted by atomic mass is 10.0. The van der Waals surface area contributed by atoms with E-state index in [9.17, 15) is 14.7 Å². The fourth-order valence-electron chi connectivity index (χ4n) is 2.11. The molecule has 0 heterocycles. The number of carboxylic acid groups (broad SMARTS) is 1. The Kier molecular flexibility index (Phi) is 4.78. The third-order valence-electron chi connectivity index (χ3n) is 3.45. The molecule has 0 saturated carbocycles. The molecule has 0 aliphatic heterocycles. The van der Waals surface area contributed by atoms with Crippen molar-refractivity contribution < 1.29 is 14.7 Å². The summed E-state index contributed by atoms with van der Waals surface area (Å²) in [6.07, 6.45) is 0. The molecule has 0 radical (unpaired) electrons. The smallest absolute Gasteiger partial charge is 0.336 e. The normalized spacial score (nSPS) is 10.1. The van der Waals surface area contributed by atoms with Crippen molar-refractivity contribution in [3.63, 3.8) is 0 Å². The van der Waals surface area contributed by atoms with Crippen molar-refractivity contribution in [1.82, 2.24) is 5.32 Å². The highest BCUT2D eigenvalue weighted by molar-refractivity contribution is 5.94. The van der Waals surface area contributed by atoms with Gasteiger partial charge in [0, 0.05) is 12.2 Å². The van der Waals surface area contributed by atoms with Crippen molar-refractivity contribution >= 4 is 17.7 Å². The van der Waals surface area contributed by atoms with E-state index in [1.54, 1.807) is 13.0 Å². The van der Waals surface area contributed by atoms with Crippen LogP contribution in [0.4, 0.5) is 10.5 Å². The summed E-state index contributed by atoms with van der Waals surface area (Å²) in [5.41, 5.74) is 3.16. The Morgan fingerprint density at radius 2 is 1.77 bits per heavy atom. The van der Waals surface area contributed by atoms with E-state index >= 15 is 0 Å².